The number of anilines is 2. The Kier molecular flexibility index (Phi) is 5.56. The van der Waals surface area contributed by atoms with Gasteiger partial charge in [-0.3, -0.25) is 9.59 Å². The Balaban J connectivity index is 1.68. The van der Waals surface area contributed by atoms with Crippen LogP contribution in [0, 0.1) is 6.92 Å². The molecule has 0 radical (unpaired) electrons. The predicted molar refractivity (Wildman–Crippen MR) is 103 cm³/mol. The molecule has 2 aromatic rings. The average Bonchev–Trinajstić information content (AvgIpc) is 3.06. The topological polar surface area (TPSA) is 58.6 Å². The minimum atomic E-state index is -0.558. The van der Waals surface area contributed by atoms with Gasteiger partial charge in [0.2, 0.25) is 5.91 Å². The molecule has 5 nitrogen and oxygen atoms in total. The standard InChI is InChI=1S/C21H24N2O3/c1-3-19(26-17-8-5-4-6-9-17)21(25)22-16-11-12-18(15(2)14-16)23-13-7-10-20(23)24/h4-6,8-9,11-12,14,19H,3,7,10,13H2,1-2H3,(H,22,25). The molecular weight excluding hydrogens is 328 g/mol. The molecule has 5 heteroatoms. The van der Waals surface area contributed by atoms with Crippen LogP contribution in [0.25, 0.3) is 0 Å². The largest absolute Gasteiger partial charge is 0.481 e. The summed E-state index contributed by atoms with van der Waals surface area (Å²) in [6, 6.07) is 15.0. The van der Waals surface area contributed by atoms with E-state index in [9.17, 15) is 9.59 Å². The highest BCUT2D eigenvalue weighted by atomic mass is 16.5. The number of nitrogens with one attached hydrogen (secondary N) is 1. The van der Waals surface area contributed by atoms with Gasteiger partial charge in [-0.15, -0.1) is 0 Å². The van der Waals surface area contributed by atoms with Gasteiger partial charge >= 0.3 is 0 Å². The molecule has 2 aromatic carbocycles. The van der Waals surface area contributed by atoms with Crippen LogP contribution >= 0.6 is 0 Å². The normalized spacial score (nSPS) is 15.0. The van der Waals surface area contributed by atoms with Gasteiger partial charge in [0.25, 0.3) is 5.91 Å². The van der Waals surface area contributed by atoms with Crippen molar-refractivity contribution in [2.45, 2.75) is 39.2 Å². The van der Waals surface area contributed by atoms with E-state index in [0.29, 0.717) is 24.3 Å². The zero-order valence-electron chi connectivity index (χ0n) is 15.2. The van der Waals surface area contributed by atoms with Crippen molar-refractivity contribution >= 4 is 23.2 Å². The second-order valence-corrected chi connectivity index (χ2v) is 6.47. The summed E-state index contributed by atoms with van der Waals surface area (Å²) in [5.74, 6) is 0.654. The van der Waals surface area contributed by atoms with Gasteiger partial charge in [0.05, 0.1) is 0 Å². The number of nitrogens with zero attached hydrogens (tertiary/aromatic N) is 1. The number of amides is 2. The van der Waals surface area contributed by atoms with Crippen LogP contribution in [0.2, 0.25) is 0 Å². The molecule has 136 valence electrons. The lowest BCUT2D eigenvalue weighted by Gasteiger charge is -2.20. The molecule has 2 amide bonds. The van der Waals surface area contributed by atoms with Crippen LogP contribution in [0.15, 0.2) is 48.5 Å². The number of para-hydroxylation sites is 1. The fraction of sp³-hybridized carbons (Fsp3) is 0.333. The van der Waals surface area contributed by atoms with E-state index in [1.54, 1.807) is 0 Å². The molecule has 0 aromatic heterocycles. The molecule has 1 saturated heterocycles. The maximum atomic E-state index is 12.6. The van der Waals surface area contributed by atoms with Crippen molar-refractivity contribution in [3.05, 3.63) is 54.1 Å². The van der Waals surface area contributed by atoms with E-state index >= 15 is 0 Å². The molecular formula is C21H24N2O3. The quantitative estimate of drug-likeness (QED) is 0.857. The Morgan fingerprint density at radius 2 is 2.00 bits per heavy atom. The Bertz CT molecular complexity index is 789. The van der Waals surface area contributed by atoms with Crippen LogP contribution in [-0.2, 0) is 9.59 Å². The second kappa shape index (κ2) is 8.04. The lowest BCUT2D eigenvalue weighted by Crippen LogP contribution is -2.32. The first kappa shape index (κ1) is 18.0. The Labute approximate surface area is 154 Å². The monoisotopic (exact) mass is 352 g/mol. The summed E-state index contributed by atoms with van der Waals surface area (Å²) < 4.78 is 5.78. The minimum Gasteiger partial charge on any atom is -0.481 e. The highest BCUT2D eigenvalue weighted by molar-refractivity contribution is 5.97. The number of hydrogen-bond donors (Lipinski definition) is 1. The fourth-order valence-corrected chi connectivity index (χ4v) is 3.15. The number of aryl methyl sites for hydroxylation is 1. The number of ether oxygens (including phenoxy) is 1. The SMILES string of the molecule is CCC(Oc1ccccc1)C(=O)Nc1ccc(N2CCCC2=O)c(C)c1. The first-order valence-electron chi connectivity index (χ1n) is 9.02. The molecule has 1 atom stereocenters. The van der Waals surface area contributed by atoms with E-state index in [-0.39, 0.29) is 11.8 Å². The van der Waals surface area contributed by atoms with Gasteiger partial charge in [-0.25, -0.2) is 0 Å². The van der Waals surface area contributed by atoms with Gasteiger partial charge in [-0.05, 0) is 55.7 Å². The fourth-order valence-electron chi connectivity index (χ4n) is 3.15. The van der Waals surface area contributed by atoms with E-state index < -0.39 is 6.10 Å². The number of rotatable bonds is 6. The molecule has 1 fully saturated rings. The molecule has 0 saturated carbocycles. The number of benzene rings is 2. The van der Waals surface area contributed by atoms with Crippen molar-refractivity contribution < 1.29 is 14.3 Å². The Hall–Kier alpha value is -2.82. The van der Waals surface area contributed by atoms with E-state index in [1.807, 2.05) is 67.3 Å². The molecule has 0 aliphatic carbocycles. The molecule has 3 rings (SSSR count). The van der Waals surface area contributed by atoms with Gasteiger partial charge in [0, 0.05) is 24.3 Å². The zero-order valence-corrected chi connectivity index (χ0v) is 15.2. The van der Waals surface area contributed by atoms with Crippen molar-refractivity contribution in [1.29, 1.82) is 0 Å². The minimum absolute atomic E-state index is 0.159. The summed E-state index contributed by atoms with van der Waals surface area (Å²) in [4.78, 5) is 26.3. The third kappa shape index (κ3) is 4.04. The van der Waals surface area contributed by atoms with Crippen molar-refractivity contribution in [1.82, 2.24) is 0 Å². The molecule has 0 spiro atoms. The summed E-state index contributed by atoms with van der Waals surface area (Å²) in [5, 5.41) is 2.92. The van der Waals surface area contributed by atoms with E-state index in [0.717, 1.165) is 24.2 Å². The van der Waals surface area contributed by atoms with E-state index in [1.165, 1.54) is 0 Å². The molecule has 1 heterocycles. The lowest BCUT2D eigenvalue weighted by molar-refractivity contribution is -0.122. The highest BCUT2D eigenvalue weighted by Crippen LogP contribution is 2.27. The zero-order chi connectivity index (χ0) is 18.5. The van der Waals surface area contributed by atoms with E-state index in [2.05, 4.69) is 5.32 Å². The van der Waals surface area contributed by atoms with Gasteiger partial charge in [-0.2, -0.15) is 0 Å². The first-order valence-corrected chi connectivity index (χ1v) is 9.02. The van der Waals surface area contributed by atoms with Crippen molar-refractivity contribution in [2.75, 3.05) is 16.8 Å². The first-order chi connectivity index (χ1) is 12.6. The molecule has 1 N–H and O–H groups in total. The number of hydrogen-bond acceptors (Lipinski definition) is 3. The maximum absolute atomic E-state index is 12.6. The van der Waals surface area contributed by atoms with Gasteiger partial charge < -0.3 is 15.0 Å². The van der Waals surface area contributed by atoms with Crippen molar-refractivity contribution in [2.24, 2.45) is 0 Å². The van der Waals surface area contributed by atoms with Gasteiger partial charge in [0.15, 0.2) is 6.10 Å². The van der Waals surface area contributed by atoms with Crippen LogP contribution in [0.4, 0.5) is 11.4 Å². The summed E-state index contributed by atoms with van der Waals surface area (Å²) in [6.07, 6.45) is 1.51. The molecule has 1 unspecified atom stereocenters. The van der Waals surface area contributed by atoms with Crippen LogP contribution in [0.5, 0.6) is 5.75 Å². The predicted octanol–water partition coefficient (Wildman–Crippen LogP) is 3.92. The third-order valence-corrected chi connectivity index (χ3v) is 4.51. The summed E-state index contributed by atoms with van der Waals surface area (Å²) >= 11 is 0. The summed E-state index contributed by atoms with van der Waals surface area (Å²) in [7, 11) is 0. The number of carbonyl (C=O) groups excluding carboxylic acids is 2. The highest BCUT2D eigenvalue weighted by Gasteiger charge is 2.23. The third-order valence-electron chi connectivity index (χ3n) is 4.51. The average molecular weight is 352 g/mol. The maximum Gasteiger partial charge on any atom is 0.265 e. The molecule has 26 heavy (non-hydrogen) atoms. The van der Waals surface area contributed by atoms with Crippen LogP contribution < -0.4 is 15.0 Å². The molecule has 0 bridgehead atoms. The second-order valence-electron chi connectivity index (χ2n) is 6.47. The van der Waals surface area contributed by atoms with Crippen LogP contribution in [0.3, 0.4) is 0 Å². The molecule has 1 aliphatic rings. The summed E-state index contributed by atoms with van der Waals surface area (Å²) in [5.41, 5.74) is 2.59. The van der Waals surface area contributed by atoms with Crippen LogP contribution in [-0.4, -0.2) is 24.5 Å². The lowest BCUT2D eigenvalue weighted by atomic mass is 10.1. The smallest absolute Gasteiger partial charge is 0.265 e. The van der Waals surface area contributed by atoms with Crippen molar-refractivity contribution in [3.63, 3.8) is 0 Å². The van der Waals surface area contributed by atoms with E-state index in [4.69, 9.17) is 4.74 Å². The van der Waals surface area contributed by atoms with Crippen LogP contribution in [0.1, 0.15) is 31.7 Å². The van der Waals surface area contributed by atoms with Crippen molar-refractivity contribution in [3.8, 4) is 5.75 Å². The Morgan fingerprint density at radius 1 is 1.23 bits per heavy atom. The van der Waals surface area contributed by atoms with Gasteiger partial charge in [0.1, 0.15) is 5.75 Å². The Morgan fingerprint density at radius 3 is 2.62 bits per heavy atom. The van der Waals surface area contributed by atoms with Gasteiger partial charge in [-0.1, -0.05) is 25.1 Å². The number of carbonyl (C=O) groups is 2. The summed E-state index contributed by atoms with van der Waals surface area (Å²) in [6.45, 7) is 4.63. The molecule has 1 aliphatic heterocycles.